The molecule has 0 bridgehead atoms. The van der Waals surface area contributed by atoms with E-state index in [0.29, 0.717) is 6.54 Å². The molecule has 1 amide bonds. The van der Waals surface area contributed by atoms with Gasteiger partial charge >= 0.3 is 5.97 Å². The average Bonchev–Trinajstić information content (AvgIpc) is 2.74. The molecule has 0 saturated heterocycles. The molecule has 1 aromatic rings. The summed E-state index contributed by atoms with van der Waals surface area (Å²) in [5.74, 6) is -0.649. The van der Waals surface area contributed by atoms with Gasteiger partial charge in [0.25, 0.3) is 0 Å². The third kappa shape index (κ3) is 4.08. The molecule has 0 aliphatic heterocycles. The Labute approximate surface area is 119 Å². The smallest absolute Gasteiger partial charge is 0.335 e. The van der Waals surface area contributed by atoms with Crippen LogP contribution in [-0.4, -0.2) is 17.0 Å². The first kappa shape index (κ1) is 14.6. The van der Waals surface area contributed by atoms with Crippen molar-refractivity contribution in [2.75, 3.05) is 0 Å². The van der Waals surface area contributed by atoms with Crippen LogP contribution in [-0.2, 0) is 11.3 Å². The summed E-state index contributed by atoms with van der Waals surface area (Å²) in [4.78, 5) is 22.8. The summed E-state index contributed by atoms with van der Waals surface area (Å²) in [5, 5.41) is 11.8. The van der Waals surface area contributed by atoms with E-state index in [1.807, 2.05) is 0 Å². The second kappa shape index (κ2) is 7.08. The molecule has 1 aromatic carbocycles. The number of benzene rings is 1. The van der Waals surface area contributed by atoms with Crippen molar-refractivity contribution in [3.63, 3.8) is 0 Å². The van der Waals surface area contributed by atoms with Crippen LogP contribution < -0.4 is 5.32 Å². The van der Waals surface area contributed by atoms with Crippen LogP contribution >= 0.6 is 0 Å². The minimum atomic E-state index is -0.931. The molecule has 108 valence electrons. The molecule has 1 aliphatic rings. The van der Waals surface area contributed by atoms with E-state index < -0.39 is 5.97 Å². The van der Waals surface area contributed by atoms with Crippen LogP contribution in [0.3, 0.4) is 0 Å². The number of carbonyl (C=O) groups excluding carboxylic acids is 1. The molecular formula is C16H21NO3. The van der Waals surface area contributed by atoms with Gasteiger partial charge in [-0.15, -0.1) is 0 Å². The maximum Gasteiger partial charge on any atom is 0.335 e. The highest BCUT2D eigenvalue weighted by Crippen LogP contribution is 2.22. The Kier molecular flexibility index (Phi) is 5.16. The van der Waals surface area contributed by atoms with Gasteiger partial charge in [0, 0.05) is 12.5 Å². The molecule has 1 saturated carbocycles. The summed E-state index contributed by atoms with van der Waals surface area (Å²) in [5.41, 5.74) is 1.20. The molecule has 2 rings (SSSR count). The highest BCUT2D eigenvalue weighted by molar-refractivity contribution is 5.87. The number of nitrogens with one attached hydrogen (secondary N) is 1. The summed E-state index contributed by atoms with van der Waals surface area (Å²) in [6.07, 6.45) is 6.74. The normalized spacial score (nSPS) is 16.4. The Morgan fingerprint density at radius 3 is 2.20 bits per heavy atom. The molecule has 1 aliphatic carbocycles. The Balaban J connectivity index is 1.84. The van der Waals surface area contributed by atoms with Crippen molar-refractivity contribution in [2.45, 2.75) is 45.1 Å². The van der Waals surface area contributed by atoms with E-state index in [2.05, 4.69) is 5.32 Å². The van der Waals surface area contributed by atoms with Gasteiger partial charge in [0.15, 0.2) is 0 Å². The Hall–Kier alpha value is -1.84. The van der Waals surface area contributed by atoms with Gasteiger partial charge in [-0.25, -0.2) is 4.79 Å². The van der Waals surface area contributed by atoms with Crippen molar-refractivity contribution >= 4 is 11.9 Å². The summed E-state index contributed by atoms with van der Waals surface area (Å²) in [6, 6.07) is 6.62. The lowest BCUT2D eigenvalue weighted by molar-refractivity contribution is -0.125. The number of rotatable bonds is 4. The van der Waals surface area contributed by atoms with Crippen molar-refractivity contribution in [1.29, 1.82) is 0 Å². The van der Waals surface area contributed by atoms with Gasteiger partial charge in [0.1, 0.15) is 0 Å². The number of carboxylic acid groups (broad SMARTS) is 1. The predicted molar refractivity (Wildman–Crippen MR) is 76.4 cm³/mol. The standard InChI is InChI=1S/C16H21NO3/c18-15(13-5-3-1-2-4-6-13)17-11-12-7-9-14(10-8-12)16(19)20/h7-10,13H,1-6,11H2,(H,17,18)(H,19,20). The van der Waals surface area contributed by atoms with Crippen molar-refractivity contribution in [2.24, 2.45) is 5.92 Å². The molecule has 4 heteroatoms. The van der Waals surface area contributed by atoms with Crippen LogP contribution in [0, 0.1) is 5.92 Å². The van der Waals surface area contributed by atoms with Crippen LogP contribution in [0.25, 0.3) is 0 Å². The fourth-order valence-corrected chi connectivity index (χ4v) is 2.64. The lowest BCUT2D eigenvalue weighted by Gasteiger charge is -2.14. The first-order valence-corrected chi connectivity index (χ1v) is 7.27. The van der Waals surface area contributed by atoms with Gasteiger partial charge in [-0.1, -0.05) is 37.8 Å². The summed E-state index contributed by atoms with van der Waals surface area (Å²) >= 11 is 0. The van der Waals surface area contributed by atoms with Gasteiger partial charge < -0.3 is 10.4 Å². The maximum atomic E-state index is 12.1. The van der Waals surface area contributed by atoms with Gasteiger partial charge in [-0.3, -0.25) is 4.79 Å². The third-order valence-electron chi connectivity index (χ3n) is 3.89. The average molecular weight is 275 g/mol. The van der Waals surface area contributed by atoms with E-state index in [1.165, 1.54) is 12.8 Å². The van der Waals surface area contributed by atoms with Gasteiger partial charge in [-0.2, -0.15) is 0 Å². The zero-order valence-corrected chi connectivity index (χ0v) is 11.6. The minimum Gasteiger partial charge on any atom is -0.478 e. The third-order valence-corrected chi connectivity index (χ3v) is 3.89. The number of hydrogen-bond donors (Lipinski definition) is 2. The van der Waals surface area contributed by atoms with Gasteiger partial charge in [0.2, 0.25) is 5.91 Å². The first-order valence-electron chi connectivity index (χ1n) is 7.27. The molecule has 4 nitrogen and oxygen atoms in total. The number of carbonyl (C=O) groups is 2. The number of carboxylic acids is 1. The van der Waals surface area contributed by atoms with Crippen LogP contribution in [0.2, 0.25) is 0 Å². The second-order valence-corrected chi connectivity index (χ2v) is 5.41. The van der Waals surface area contributed by atoms with Crippen LogP contribution in [0.5, 0.6) is 0 Å². The summed E-state index contributed by atoms with van der Waals surface area (Å²) in [7, 11) is 0. The zero-order chi connectivity index (χ0) is 14.4. The molecule has 0 aromatic heterocycles. The van der Waals surface area contributed by atoms with E-state index in [0.717, 1.165) is 31.2 Å². The van der Waals surface area contributed by atoms with E-state index in [4.69, 9.17) is 5.11 Å². The molecular weight excluding hydrogens is 254 g/mol. The van der Waals surface area contributed by atoms with Crippen molar-refractivity contribution in [1.82, 2.24) is 5.32 Å². The maximum absolute atomic E-state index is 12.1. The molecule has 20 heavy (non-hydrogen) atoms. The summed E-state index contributed by atoms with van der Waals surface area (Å²) < 4.78 is 0. The van der Waals surface area contributed by atoms with E-state index >= 15 is 0 Å². The SMILES string of the molecule is O=C(O)c1ccc(CNC(=O)C2CCCCCC2)cc1. The first-order chi connectivity index (χ1) is 9.66. The van der Waals surface area contributed by atoms with Crippen molar-refractivity contribution in [3.05, 3.63) is 35.4 Å². The molecule has 0 heterocycles. The lowest BCUT2D eigenvalue weighted by Crippen LogP contribution is -2.30. The Morgan fingerprint density at radius 2 is 1.65 bits per heavy atom. The van der Waals surface area contributed by atoms with Crippen LogP contribution in [0.1, 0.15) is 54.4 Å². The second-order valence-electron chi connectivity index (χ2n) is 5.41. The van der Waals surface area contributed by atoms with Crippen molar-refractivity contribution in [3.8, 4) is 0 Å². The van der Waals surface area contributed by atoms with Crippen LogP contribution in [0.15, 0.2) is 24.3 Å². The Bertz CT molecular complexity index is 459. The quantitative estimate of drug-likeness (QED) is 0.830. The van der Waals surface area contributed by atoms with E-state index in [9.17, 15) is 9.59 Å². The topological polar surface area (TPSA) is 66.4 Å². The van der Waals surface area contributed by atoms with E-state index in [1.54, 1.807) is 24.3 Å². The number of amides is 1. The highest BCUT2D eigenvalue weighted by Gasteiger charge is 2.19. The predicted octanol–water partition coefficient (Wildman–Crippen LogP) is 2.97. The summed E-state index contributed by atoms with van der Waals surface area (Å²) in [6.45, 7) is 0.467. The molecule has 0 unspecified atom stereocenters. The molecule has 0 atom stereocenters. The Morgan fingerprint density at radius 1 is 1.05 bits per heavy atom. The molecule has 0 radical (unpaired) electrons. The largest absolute Gasteiger partial charge is 0.478 e. The fraction of sp³-hybridized carbons (Fsp3) is 0.500. The molecule has 2 N–H and O–H groups in total. The zero-order valence-electron chi connectivity index (χ0n) is 11.6. The highest BCUT2D eigenvalue weighted by atomic mass is 16.4. The molecule has 0 spiro atoms. The minimum absolute atomic E-state index is 0.134. The molecule has 1 fully saturated rings. The van der Waals surface area contributed by atoms with Gasteiger partial charge in [0.05, 0.1) is 5.56 Å². The number of hydrogen-bond acceptors (Lipinski definition) is 2. The lowest BCUT2D eigenvalue weighted by atomic mass is 9.99. The van der Waals surface area contributed by atoms with Crippen LogP contribution in [0.4, 0.5) is 0 Å². The number of aromatic carboxylic acids is 1. The van der Waals surface area contributed by atoms with E-state index in [-0.39, 0.29) is 17.4 Å². The monoisotopic (exact) mass is 275 g/mol. The fourth-order valence-electron chi connectivity index (χ4n) is 2.64. The van der Waals surface area contributed by atoms with Crippen molar-refractivity contribution < 1.29 is 14.7 Å². The van der Waals surface area contributed by atoms with Gasteiger partial charge in [-0.05, 0) is 30.5 Å².